The largest absolute Gasteiger partial charge is 0.751 e. The van der Waals surface area contributed by atoms with Gasteiger partial charge in [0.1, 0.15) is 33.1 Å². The van der Waals surface area contributed by atoms with Crippen molar-refractivity contribution in [3.8, 4) is 23.3 Å². The Morgan fingerprint density at radius 3 is 1.80 bits per heavy atom. The molecule has 0 bridgehead atoms. The second-order valence-corrected chi connectivity index (χ2v) is 15.0. The molecule has 59 heavy (non-hydrogen) atoms. The minimum Gasteiger partial charge on any atom is -0.542 e. The number of nitrogens with two attached hydrogens (primary N) is 4. The van der Waals surface area contributed by atoms with Crippen molar-refractivity contribution in [1.29, 1.82) is 5.26 Å². The van der Waals surface area contributed by atoms with E-state index in [4.69, 9.17) is 89.7 Å². The molecule has 31 heteroatoms. The number of sulfonamides is 1. The van der Waals surface area contributed by atoms with Crippen LogP contribution in [0.5, 0.6) is 17.2 Å². The number of carbonyl (C=O) groups is 2. The number of thiophene rings is 1. The zero-order chi connectivity index (χ0) is 45.3. The fourth-order valence-electron chi connectivity index (χ4n) is 3.45. The number of ether oxygens (including phenoxy) is 2. The van der Waals surface area contributed by atoms with Crippen molar-refractivity contribution in [2.45, 2.75) is 29.4 Å². The van der Waals surface area contributed by atoms with Crippen LogP contribution in [-0.4, -0.2) is 77.7 Å². The zero-order valence-corrected chi connectivity index (χ0v) is 33.2. The van der Waals surface area contributed by atoms with Crippen LogP contribution in [0.15, 0.2) is 28.5 Å². The molecule has 3 aromatic rings. The highest BCUT2D eigenvalue weighted by molar-refractivity contribution is 7.91. The summed E-state index contributed by atoms with van der Waals surface area (Å²) in [5.41, 5.74) is 21.4. The SMILES string of the molecule is N#Cc1ccc(O[P+](=O)OCNS(=O)(=O)c2cc3c(Cl)c(OCCC[NH+]=C(N)N)c(OCCC[NH+]=C(N)N)c(Cl)c3s2)cc1F.O=C([O-])C(F)(F)F.O=C([O-])C(F)(F)F. The van der Waals surface area contributed by atoms with Gasteiger partial charge < -0.3 is 29.3 Å². The van der Waals surface area contributed by atoms with Gasteiger partial charge in [-0.2, -0.15) is 36.3 Å². The maximum Gasteiger partial charge on any atom is 0.751 e. The average molecular weight is 953 g/mol. The molecule has 0 aliphatic carbocycles. The topological polar surface area (TPSA) is 336 Å². The van der Waals surface area contributed by atoms with E-state index in [1.54, 1.807) is 6.07 Å². The van der Waals surface area contributed by atoms with E-state index in [-0.39, 0.29) is 67.6 Å². The molecule has 3 rings (SSSR count). The lowest BCUT2D eigenvalue weighted by molar-refractivity contribution is -0.460. The lowest BCUT2D eigenvalue weighted by Crippen LogP contribution is -2.78. The van der Waals surface area contributed by atoms with E-state index >= 15 is 0 Å². The number of fused-ring (bicyclic) bond motifs is 1. The molecule has 1 atom stereocenters. The molecule has 11 N–H and O–H groups in total. The van der Waals surface area contributed by atoms with E-state index in [0.29, 0.717) is 30.6 Å². The van der Waals surface area contributed by atoms with Crippen LogP contribution >= 0.6 is 42.8 Å². The number of aliphatic carboxylic acids is 2. The van der Waals surface area contributed by atoms with Gasteiger partial charge in [0.05, 0.1) is 41.6 Å². The molecule has 0 amide bonds. The predicted octanol–water partition coefficient (Wildman–Crippen LogP) is -1.95. The highest BCUT2D eigenvalue weighted by Crippen LogP contribution is 2.50. The minimum atomic E-state index is -5.19. The number of carboxylic acid groups (broad SMARTS) is 2. The predicted molar refractivity (Wildman–Crippen MR) is 188 cm³/mol. The molecule has 2 aromatic carbocycles. The first kappa shape index (κ1) is 51.8. The Morgan fingerprint density at radius 2 is 1.37 bits per heavy atom. The first-order valence-electron chi connectivity index (χ1n) is 15.2. The Labute approximate surface area is 342 Å². The number of guanidine groups is 2. The molecule has 1 unspecified atom stereocenters. The fraction of sp³-hybridized carbons (Fsp3) is 0.321. The van der Waals surface area contributed by atoms with Gasteiger partial charge >= 0.3 is 32.5 Å². The van der Waals surface area contributed by atoms with Crippen molar-refractivity contribution in [1.82, 2.24) is 4.72 Å². The molecule has 326 valence electrons. The van der Waals surface area contributed by atoms with Gasteiger partial charge in [0.15, 0.2) is 24.0 Å². The van der Waals surface area contributed by atoms with Crippen LogP contribution < -0.4 is 61.9 Å². The van der Waals surface area contributed by atoms with Crippen molar-refractivity contribution in [3.63, 3.8) is 0 Å². The number of halogens is 9. The summed E-state index contributed by atoms with van der Waals surface area (Å²) in [6.07, 6.45) is -9.45. The molecule has 0 aliphatic rings. The molecule has 0 radical (unpaired) electrons. The Morgan fingerprint density at radius 1 is 0.898 bits per heavy atom. The van der Waals surface area contributed by atoms with Crippen LogP contribution in [0, 0.1) is 17.1 Å². The lowest BCUT2D eigenvalue weighted by Gasteiger charge is -2.16. The van der Waals surface area contributed by atoms with E-state index in [2.05, 4.69) is 14.7 Å². The van der Waals surface area contributed by atoms with Crippen LogP contribution in [-0.2, 0) is 28.7 Å². The van der Waals surface area contributed by atoms with E-state index in [0.717, 1.165) is 23.5 Å². The molecule has 0 fully saturated rings. The number of alkyl halides is 6. The highest BCUT2D eigenvalue weighted by atomic mass is 35.5. The van der Waals surface area contributed by atoms with Gasteiger partial charge in [-0.25, -0.2) is 17.3 Å². The van der Waals surface area contributed by atoms with Crippen LogP contribution in [0.1, 0.15) is 18.4 Å². The summed E-state index contributed by atoms with van der Waals surface area (Å²) in [6, 6.07) is 6.11. The first-order valence-corrected chi connectivity index (χ1v) is 19.3. The Bertz CT molecular complexity index is 2090. The van der Waals surface area contributed by atoms with E-state index in [9.17, 15) is 43.7 Å². The maximum absolute atomic E-state index is 13.7. The van der Waals surface area contributed by atoms with E-state index in [1.165, 1.54) is 12.1 Å². The second-order valence-electron chi connectivity index (χ2n) is 10.3. The average Bonchev–Trinajstić information content (AvgIpc) is 3.58. The third-order valence-electron chi connectivity index (χ3n) is 5.93. The highest BCUT2D eigenvalue weighted by Gasteiger charge is 2.30. The molecular formula is C28H29Cl2F7N8O11PS2+. The molecule has 19 nitrogen and oxygen atoms in total. The van der Waals surface area contributed by atoms with Crippen molar-refractivity contribution in [2.24, 2.45) is 22.9 Å². The van der Waals surface area contributed by atoms with Gasteiger partial charge in [-0.1, -0.05) is 27.7 Å². The number of carboxylic acids is 2. The fourth-order valence-corrected chi connectivity index (χ4v) is 7.08. The summed E-state index contributed by atoms with van der Waals surface area (Å²) >= 11 is 14.2. The molecule has 1 heterocycles. The number of hydrogen-bond acceptors (Lipinski definition) is 13. The molecular weight excluding hydrogens is 923 g/mol. The van der Waals surface area contributed by atoms with Gasteiger partial charge in [-0.15, -0.1) is 11.3 Å². The van der Waals surface area contributed by atoms with Crippen LogP contribution in [0.25, 0.3) is 10.1 Å². The Balaban J connectivity index is 0.00000106. The monoisotopic (exact) mass is 951 g/mol. The molecule has 0 spiro atoms. The van der Waals surface area contributed by atoms with E-state index in [1.807, 2.05) is 0 Å². The third-order valence-corrected chi connectivity index (χ3v) is 10.5. The lowest BCUT2D eigenvalue weighted by atomic mass is 10.2. The van der Waals surface area contributed by atoms with Gasteiger partial charge in [-0.3, -0.25) is 32.9 Å². The number of nitriles is 1. The van der Waals surface area contributed by atoms with Gasteiger partial charge in [0.2, 0.25) is 0 Å². The summed E-state index contributed by atoms with van der Waals surface area (Å²) < 4.78 is 139. The number of nitrogens with zero attached hydrogens (tertiary/aromatic N) is 1. The summed E-state index contributed by atoms with van der Waals surface area (Å²) in [5.74, 6) is -6.77. The number of benzene rings is 2. The maximum atomic E-state index is 13.7. The summed E-state index contributed by atoms with van der Waals surface area (Å²) in [4.78, 5) is 23.1. The molecule has 0 aliphatic heterocycles. The van der Waals surface area contributed by atoms with Crippen molar-refractivity contribution >= 4 is 86.8 Å². The minimum absolute atomic E-state index is 0.0533. The molecule has 0 saturated carbocycles. The smallest absolute Gasteiger partial charge is 0.542 e. The number of carbonyl (C=O) groups excluding carboxylic acids is 2. The van der Waals surface area contributed by atoms with Gasteiger partial charge in [-0.05, 0) is 18.2 Å². The van der Waals surface area contributed by atoms with Crippen molar-refractivity contribution in [3.05, 3.63) is 45.7 Å². The molecule has 1 aromatic heterocycles. The Hall–Kier alpha value is -5.17. The van der Waals surface area contributed by atoms with E-state index < -0.39 is 55.1 Å². The van der Waals surface area contributed by atoms with Crippen LogP contribution in [0.2, 0.25) is 10.0 Å². The van der Waals surface area contributed by atoms with Gasteiger partial charge in [0.25, 0.3) is 10.0 Å². The first-order chi connectivity index (χ1) is 27.2. The Kier molecular flexibility index (Phi) is 20.6. The number of hydrogen-bond donors (Lipinski definition) is 7. The zero-order valence-electron chi connectivity index (χ0n) is 29.2. The summed E-state index contributed by atoms with van der Waals surface area (Å²) in [5, 5.41) is 26.8. The van der Waals surface area contributed by atoms with Crippen LogP contribution in [0.3, 0.4) is 0 Å². The van der Waals surface area contributed by atoms with Gasteiger partial charge in [0, 0.05) is 28.9 Å². The quantitative estimate of drug-likeness (QED) is 0.0193. The van der Waals surface area contributed by atoms with Crippen molar-refractivity contribution in [2.75, 3.05) is 33.0 Å². The third kappa shape index (κ3) is 18.1. The van der Waals surface area contributed by atoms with Crippen LogP contribution in [0.4, 0.5) is 30.7 Å². The standard InChI is InChI=1S/C24H27Cl2FN8O7PS2.2C2HF3O2/c25-18-15-10-17(45(37,38)35-12-41-43(36)42-14-4-3-13(11-28)16(27)9-14)44-22(15)19(26)21(40-8-2-6-34-24(31)32)20(18)39-7-1-5-33-23(29)30;2*3-2(4,5)1(6)7/h3-4,9-10,35H,1-2,5-8,12H2,(H4,29,30,33)(H4,31,32,34);2*(H,6,7)/q+1;;. The normalized spacial score (nSPS) is 11.4. The second kappa shape index (κ2) is 23.4. The molecule has 0 saturated heterocycles. The van der Waals surface area contributed by atoms with Crippen molar-refractivity contribution < 1.29 is 92.0 Å². The number of rotatable bonds is 17. The number of nitrogens with one attached hydrogen (secondary N) is 3. The summed E-state index contributed by atoms with van der Waals surface area (Å²) in [7, 11) is -7.14. The summed E-state index contributed by atoms with van der Waals surface area (Å²) in [6.45, 7) is 0.368.